The SMILES string of the molecule is CCNC(Cc1ncc(C)c(OC)c1C)c1occc1C. The molecular weight excluding hydrogens is 264 g/mol. The number of nitrogens with one attached hydrogen (secondary N) is 1. The minimum atomic E-state index is 0.128. The van der Waals surface area contributed by atoms with Gasteiger partial charge in [0.05, 0.1) is 19.4 Å². The van der Waals surface area contributed by atoms with Gasteiger partial charge in [0, 0.05) is 29.4 Å². The van der Waals surface area contributed by atoms with Crippen LogP contribution in [0.2, 0.25) is 0 Å². The van der Waals surface area contributed by atoms with Crippen LogP contribution in [0.1, 0.15) is 41.1 Å². The Labute approximate surface area is 126 Å². The summed E-state index contributed by atoms with van der Waals surface area (Å²) >= 11 is 0. The molecule has 0 saturated heterocycles. The zero-order chi connectivity index (χ0) is 15.4. The molecule has 0 amide bonds. The summed E-state index contributed by atoms with van der Waals surface area (Å²) in [6.07, 6.45) is 4.40. The number of likely N-dealkylation sites (N-methyl/N-ethyl adjacent to an activating group) is 1. The first kappa shape index (κ1) is 15.6. The molecule has 4 nitrogen and oxygen atoms in total. The smallest absolute Gasteiger partial charge is 0.128 e. The number of pyridine rings is 1. The van der Waals surface area contributed by atoms with E-state index in [0.717, 1.165) is 46.9 Å². The predicted octanol–water partition coefficient (Wildman–Crippen LogP) is 3.50. The van der Waals surface area contributed by atoms with Crippen molar-refractivity contribution in [1.82, 2.24) is 10.3 Å². The van der Waals surface area contributed by atoms with E-state index in [4.69, 9.17) is 9.15 Å². The van der Waals surface area contributed by atoms with Crippen molar-refractivity contribution in [2.24, 2.45) is 0 Å². The maximum atomic E-state index is 5.65. The van der Waals surface area contributed by atoms with Crippen LogP contribution in [-0.2, 0) is 6.42 Å². The minimum Gasteiger partial charge on any atom is -0.496 e. The van der Waals surface area contributed by atoms with Crippen molar-refractivity contribution in [3.05, 3.63) is 46.7 Å². The summed E-state index contributed by atoms with van der Waals surface area (Å²) < 4.78 is 11.1. The van der Waals surface area contributed by atoms with Gasteiger partial charge in [-0.25, -0.2) is 0 Å². The first-order valence-electron chi connectivity index (χ1n) is 7.34. The molecule has 0 aliphatic rings. The summed E-state index contributed by atoms with van der Waals surface area (Å²) in [6, 6.07) is 2.12. The molecule has 2 aromatic heterocycles. The van der Waals surface area contributed by atoms with Crippen LogP contribution in [0.3, 0.4) is 0 Å². The van der Waals surface area contributed by atoms with E-state index in [0.29, 0.717) is 0 Å². The van der Waals surface area contributed by atoms with Gasteiger partial charge in [-0.1, -0.05) is 6.92 Å². The van der Waals surface area contributed by atoms with Crippen molar-refractivity contribution in [1.29, 1.82) is 0 Å². The third-order valence-corrected chi connectivity index (χ3v) is 3.82. The van der Waals surface area contributed by atoms with Gasteiger partial charge in [-0.3, -0.25) is 4.98 Å². The fourth-order valence-electron chi connectivity index (χ4n) is 2.72. The quantitative estimate of drug-likeness (QED) is 0.883. The fraction of sp³-hybridized carbons (Fsp3) is 0.471. The van der Waals surface area contributed by atoms with Crippen molar-refractivity contribution in [2.75, 3.05) is 13.7 Å². The molecule has 4 heteroatoms. The average molecular weight is 288 g/mol. The Morgan fingerprint density at radius 1 is 1.29 bits per heavy atom. The fourth-order valence-corrected chi connectivity index (χ4v) is 2.72. The molecule has 1 atom stereocenters. The Morgan fingerprint density at radius 2 is 2.05 bits per heavy atom. The number of aryl methyl sites for hydroxylation is 2. The molecule has 0 bridgehead atoms. The van der Waals surface area contributed by atoms with Gasteiger partial charge in [0.1, 0.15) is 11.5 Å². The lowest BCUT2D eigenvalue weighted by atomic mass is 10.0. The van der Waals surface area contributed by atoms with Gasteiger partial charge in [-0.05, 0) is 38.9 Å². The van der Waals surface area contributed by atoms with E-state index in [1.165, 1.54) is 0 Å². The number of methoxy groups -OCH3 is 1. The lowest BCUT2D eigenvalue weighted by molar-refractivity contribution is 0.399. The number of hydrogen-bond donors (Lipinski definition) is 1. The Kier molecular flexibility index (Phi) is 5.02. The molecule has 0 radical (unpaired) electrons. The van der Waals surface area contributed by atoms with Crippen LogP contribution in [0, 0.1) is 20.8 Å². The molecule has 114 valence electrons. The van der Waals surface area contributed by atoms with Crippen LogP contribution in [0.4, 0.5) is 0 Å². The van der Waals surface area contributed by atoms with Crippen molar-refractivity contribution in [3.63, 3.8) is 0 Å². The molecule has 0 saturated carbocycles. The molecular formula is C17H24N2O2. The molecule has 0 fully saturated rings. The summed E-state index contributed by atoms with van der Waals surface area (Å²) in [5.41, 5.74) is 4.37. The maximum absolute atomic E-state index is 5.65. The zero-order valence-corrected chi connectivity index (χ0v) is 13.5. The minimum absolute atomic E-state index is 0.128. The Hall–Kier alpha value is -1.81. The third-order valence-electron chi connectivity index (χ3n) is 3.82. The Morgan fingerprint density at radius 3 is 2.62 bits per heavy atom. The van der Waals surface area contributed by atoms with Crippen LogP contribution >= 0.6 is 0 Å². The highest BCUT2D eigenvalue weighted by molar-refractivity contribution is 5.41. The highest BCUT2D eigenvalue weighted by Crippen LogP contribution is 2.28. The number of furan rings is 1. The molecule has 0 aromatic carbocycles. The normalized spacial score (nSPS) is 12.4. The largest absolute Gasteiger partial charge is 0.496 e. The standard InChI is InChI=1S/C17H24N2O2/c1-6-18-15(17-11(2)7-8-21-17)9-14-13(4)16(20-5)12(3)10-19-14/h7-8,10,15,18H,6,9H2,1-5H3. The number of nitrogens with zero attached hydrogens (tertiary/aromatic N) is 1. The van der Waals surface area contributed by atoms with Crippen LogP contribution in [0.15, 0.2) is 22.9 Å². The van der Waals surface area contributed by atoms with Crippen molar-refractivity contribution >= 4 is 0 Å². The lowest BCUT2D eigenvalue weighted by Gasteiger charge is -2.19. The zero-order valence-electron chi connectivity index (χ0n) is 13.5. The van der Waals surface area contributed by atoms with Gasteiger partial charge in [-0.2, -0.15) is 0 Å². The molecule has 2 heterocycles. The first-order valence-corrected chi connectivity index (χ1v) is 7.34. The second-order valence-corrected chi connectivity index (χ2v) is 5.33. The second-order valence-electron chi connectivity index (χ2n) is 5.33. The van der Waals surface area contributed by atoms with E-state index in [2.05, 4.69) is 31.1 Å². The molecule has 1 N–H and O–H groups in total. The van der Waals surface area contributed by atoms with E-state index < -0.39 is 0 Å². The summed E-state index contributed by atoms with van der Waals surface area (Å²) in [5, 5.41) is 3.48. The average Bonchev–Trinajstić information content (AvgIpc) is 2.88. The summed E-state index contributed by atoms with van der Waals surface area (Å²) in [4.78, 5) is 4.59. The second kappa shape index (κ2) is 6.76. The van der Waals surface area contributed by atoms with E-state index in [-0.39, 0.29) is 6.04 Å². The highest BCUT2D eigenvalue weighted by Gasteiger charge is 2.20. The molecule has 2 aromatic rings. The van der Waals surface area contributed by atoms with Crippen LogP contribution in [0.5, 0.6) is 5.75 Å². The van der Waals surface area contributed by atoms with Gasteiger partial charge in [0.2, 0.25) is 0 Å². The summed E-state index contributed by atoms with van der Waals surface area (Å²) in [5.74, 6) is 1.91. The van der Waals surface area contributed by atoms with Crippen LogP contribution in [-0.4, -0.2) is 18.6 Å². The predicted molar refractivity (Wildman–Crippen MR) is 83.8 cm³/mol. The van der Waals surface area contributed by atoms with E-state index in [9.17, 15) is 0 Å². The number of aromatic nitrogens is 1. The van der Waals surface area contributed by atoms with Gasteiger partial charge in [0.25, 0.3) is 0 Å². The van der Waals surface area contributed by atoms with Gasteiger partial charge in [0.15, 0.2) is 0 Å². The molecule has 2 rings (SSSR count). The molecule has 0 spiro atoms. The van der Waals surface area contributed by atoms with Crippen molar-refractivity contribution < 1.29 is 9.15 Å². The van der Waals surface area contributed by atoms with Crippen LogP contribution in [0.25, 0.3) is 0 Å². The number of hydrogen-bond acceptors (Lipinski definition) is 4. The van der Waals surface area contributed by atoms with Gasteiger partial charge >= 0.3 is 0 Å². The van der Waals surface area contributed by atoms with E-state index in [1.807, 2.05) is 19.2 Å². The monoisotopic (exact) mass is 288 g/mol. The number of ether oxygens (including phenoxy) is 1. The lowest BCUT2D eigenvalue weighted by Crippen LogP contribution is -2.24. The van der Waals surface area contributed by atoms with Gasteiger partial charge in [-0.15, -0.1) is 0 Å². The Bertz CT molecular complexity index is 605. The van der Waals surface area contributed by atoms with Gasteiger partial charge < -0.3 is 14.5 Å². The summed E-state index contributed by atoms with van der Waals surface area (Å²) in [6.45, 7) is 9.13. The van der Waals surface area contributed by atoms with E-state index >= 15 is 0 Å². The summed E-state index contributed by atoms with van der Waals surface area (Å²) in [7, 11) is 1.71. The van der Waals surface area contributed by atoms with E-state index in [1.54, 1.807) is 13.4 Å². The molecule has 1 unspecified atom stereocenters. The van der Waals surface area contributed by atoms with Crippen LogP contribution < -0.4 is 10.1 Å². The third kappa shape index (κ3) is 3.27. The van der Waals surface area contributed by atoms with Crippen molar-refractivity contribution in [3.8, 4) is 5.75 Å². The highest BCUT2D eigenvalue weighted by atomic mass is 16.5. The first-order chi connectivity index (χ1) is 10.1. The van der Waals surface area contributed by atoms with Crippen molar-refractivity contribution in [2.45, 2.75) is 40.2 Å². The molecule has 21 heavy (non-hydrogen) atoms. The molecule has 0 aliphatic carbocycles. The maximum Gasteiger partial charge on any atom is 0.128 e. The Balaban J connectivity index is 2.32. The topological polar surface area (TPSA) is 47.3 Å². The molecule has 0 aliphatic heterocycles. The number of rotatable bonds is 6.